The third-order valence-electron chi connectivity index (χ3n) is 3.13. The second-order valence-corrected chi connectivity index (χ2v) is 4.60. The lowest BCUT2D eigenvalue weighted by atomic mass is 9.93. The standard InChI is InChI=1S/C11H19NO/c13-11(6-9-3-4-9)7-10-2-1-5-12-8-10/h9-10,12H,1-8H2. The molecule has 2 heteroatoms. The predicted octanol–water partition coefficient (Wildman–Crippen LogP) is 1.75. The lowest BCUT2D eigenvalue weighted by Gasteiger charge is -2.21. The number of piperidine rings is 1. The molecule has 1 N–H and O–H groups in total. The van der Waals surface area contributed by atoms with Crippen LogP contribution in [-0.4, -0.2) is 18.9 Å². The summed E-state index contributed by atoms with van der Waals surface area (Å²) in [6, 6.07) is 0. The summed E-state index contributed by atoms with van der Waals surface area (Å²) in [6.45, 7) is 2.21. The summed E-state index contributed by atoms with van der Waals surface area (Å²) in [7, 11) is 0. The van der Waals surface area contributed by atoms with Crippen molar-refractivity contribution in [2.24, 2.45) is 11.8 Å². The van der Waals surface area contributed by atoms with Crippen LogP contribution < -0.4 is 5.32 Å². The molecule has 0 aromatic rings. The Labute approximate surface area is 80.1 Å². The summed E-state index contributed by atoms with van der Waals surface area (Å²) in [5.41, 5.74) is 0. The van der Waals surface area contributed by atoms with Gasteiger partial charge in [0.05, 0.1) is 0 Å². The zero-order valence-corrected chi connectivity index (χ0v) is 8.22. The van der Waals surface area contributed by atoms with E-state index in [2.05, 4.69) is 5.32 Å². The van der Waals surface area contributed by atoms with Crippen LogP contribution in [0.1, 0.15) is 38.5 Å². The number of hydrogen-bond donors (Lipinski definition) is 1. The molecule has 0 aromatic heterocycles. The van der Waals surface area contributed by atoms with Crippen LogP contribution in [0.25, 0.3) is 0 Å². The van der Waals surface area contributed by atoms with Gasteiger partial charge in [-0.2, -0.15) is 0 Å². The van der Waals surface area contributed by atoms with Gasteiger partial charge in [0.2, 0.25) is 0 Å². The SMILES string of the molecule is O=C(CC1CC1)CC1CCCNC1. The molecule has 1 aliphatic heterocycles. The molecule has 1 aliphatic carbocycles. The van der Waals surface area contributed by atoms with Gasteiger partial charge >= 0.3 is 0 Å². The van der Waals surface area contributed by atoms with E-state index in [1.165, 1.54) is 25.7 Å². The average molecular weight is 181 g/mol. The first-order chi connectivity index (χ1) is 6.34. The van der Waals surface area contributed by atoms with Gasteiger partial charge in [-0.1, -0.05) is 0 Å². The molecule has 0 amide bonds. The van der Waals surface area contributed by atoms with Crippen molar-refractivity contribution in [1.82, 2.24) is 5.32 Å². The number of nitrogens with one attached hydrogen (secondary N) is 1. The number of hydrogen-bond acceptors (Lipinski definition) is 2. The normalized spacial score (nSPS) is 28.8. The Hall–Kier alpha value is -0.370. The first-order valence-electron chi connectivity index (χ1n) is 5.57. The topological polar surface area (TPSA) is 29.1 Å². The first-order valence-corrected chi connectivity index (χ1v) is 5.57. The summed E-state index contributed by atoms with van der Waals surface area (Å²) in [4.78, 5) is 11.5. The maximum atomic E-state index is 11.5. The molecular weight excluding hydrogens is 162 g/mol. The van der Waals surface area contributed by atoms with Crippen LogP contribution in [0.2, 0.25) is 0 Å². The maximum Gasteiger partial charge on any atom is 0.133 e. The molecule has 1 saturated carbocycles. The molecule has 74 valence electrons. The number of rotatable bonds is 4. The lowest BCUT2D eigenvalue weighted by molar-refractivity contribution is -0.120. The van der Waals surface area contributed by atoms with Crippen LogP contribution in [-0.2, 0) is 4.79 Å². The van der Waals surface area contributed by atoms with Crippen LogP contribution in [0.5, 0.6) is 0 Å². The van der Waals surface area contributed by atoms with Gasteiger partial charge in [0.15, 0.2) is 0 Å². The highest BCUT2D eigenvalue weighted by Gasteiger charge is 2.25. The average Bonchev–Trinajstić information content (AvgIpc) is 2.90. The van der Waals surface area contributed by atoms with Gasteiger partial charge in [0.25, 0.3) is 0 Å². The van der Waals surface area contributed by atoms with Gasteiger partial charge in [0.1, 0.15) is 5.78 Å². The molecule has 2 rings (SSSR count). The summed E-state index contributed by atoms with van der Waals surface area (Å²) >= 11 is 0. The van der Waals surface area contributed by atoms with Crippen molar-refractivity contribution in [3.05, 3.63) is 0 Å². The van der Waals surface area contributed by atoms with Crippen LogP contribution in [0, 0.1) is 11.8 Å². The summed E-state index contributed by atoms with van der Waals surface area (Å²) in [5.74, 6) is 1.92. The molecule has 2 aliphatic rings. The molecule has 0 radical (unpaired) electrons. The van der Waals surface area contributed by atoms with Crippen molar-refractivity contribution in [2.75, 3.05) is 13.1 Å². The zero-order chi connectivity index (χ0) is 9.10. The van der Waals surface area contributed by atoms with Crippen molar-refractivity contribution in [1.29, 1.82) is 0 Å². The van der Waals surface area contributed by atoms with Crippen molar-refractivity contribution in [3.8, 4) is 0 Å². The molecule has 0 spiro atoms. The lowest BCUT2D eigenvalue weighted by Crippen LogP contribution is -2.31. The van der Waals surface area contributed by atoms with Crippen molar-refractivity contribution >= 4 is 5.78 Å². The minimum atomic E-state index is 0.510. The first kappa shape index (κ1) is 9.20. The van der Waals surface area contributed by atoms with E-state index >= 15 is 0 Å². The Bertz CT molecular complexity index is 181. The smallest absolute Gasteiger partial charge is 0.133 e. The predicted molar refractivity (Wildman–Crippen MR) is 52.6 cm³/mol. The Morgan fingerprint density at radius 3 is 2.54 bits per heavy atom. The number of Topliss-reactive ketones (excluding diaryl/α,β-unsaturated/α-hetero) is 1. The fourth-order valence-corrected chi connectivity index (χ4v) is 2.15. The van der Waals surface area contributed by atoms with E-state index in [9.17, 15) is 4.79 Å². The third-order valence-corrected chi connectivity index (χ3v) is 3.13. The van der Waals surface area contributed by atoms with Crippen molar-refractivity contribution < 1.29 is 4.79 Å². The number of carbonyl (C=O) groups excluding carboxylic acids is 1. The van der Waals surface area contributed by atoms with Gasteiger partial charge in [-0.05, 0) is 50.6 Å². The van der Waals surface area contributed by atoms with Gasteiger partial charge in [-0.3, -0.25) is 4.79 Å². The van der Waals surface area contributed by atoms with E-state index in [-0.39, 0.29) is 0 Å². The molecule has 1 heterocycles. The Kier molecular flexibility index (Phi) is 2.99. The summed E-state index contributed by atoms with van der Waals surface area (Å²) in [5, 5.41) is 3.36. The molecule has 0 bridgehead atoms. The van der Waals surface area contributed by atoms with E-state index in [4.69, 9.17) is 0 Å². The maximum absolute atomic E-state index is 11.5. The molecule has 1 saturated heterocycles. The molecular formula is C11H19NO. The van der Waals surface area contributed by atoms with Gasteiger partial charge in [-0.15, -0.1) is 0 Å². The summed E-state index contributed by atoms with van der Waals surface area (Å²) in [6.07, 6.45) is 6.81. The quantitative estimate of drug-likeness (QED) is 0.716. The van der Waals surface area contributed by atoms with E-state index < -0.39 is 0 Å². The monoisotopic (exact) mass is 181 g/mol. The van der Waals surface area contributed by atoms with Gasteiger partial charge in [-0.25, -0.2) is 0 Å². The zero-order valence-electron chi connectivity index (χ0n) is 8.22. The molecule has 1 atom stereocenters. The van der Waals surface area contributed by atoms with Crippen LogP contribution in [0.4, 0.5) is 0 Å². The molecule has 2 nitrogen and oxygen atoms in total. The second-order valence-electron chi connectivity index (χ2n) is 4.60. The van der Waals surface area contributed by atoms with Gasteiger partial charge < -0.3 is 5.32 Å². The van der Waals surface area contributed by atoms with E-state index in [0.717, 1.165) is 31.8 Å². The summed E-state index contributed by atoms with van der Waals surface area (Å²) < 4.78 is 0. The van der Waals surface area contributed by atoms with Crippen LogP contribution >= 0.6 is 0 Å². The fourth-order valence-electron chi connectivity index (χ4n) is 2.15. The van der Waals surface area contributed by atoms with Crippen molar-refractivity contribution in [3.63, 3.8) is 0 Å². The highest BCUT2D eigenvalue weighted by Crippen LogP contribution is 2.33. The molecule has 0 aromatic carbocycles. The van der Waals surface area contributed by atoms with Crippen molar-refractivity contribution in [2.45, 2.75) is 38.5 Å². The minimum absolute atomic E-state index is 0.510. The van der Waals surface area contributed by atoms with E-state index in [1.54, 1.807) is 0 Å². The van der Waals surface area contributed by atoms with Crippen LogP contribution in [0.15, 0.2) is 0 Å². The van der Waals surface area contributed by atoms with Gasteiger partial charge in [0, 0.05) is 12.8 Å². The highest BCUT2D eigenvalue weighted by molar-refractivity contribution is 5.79. The minimum Gasteiger partial charge on any atom is -0.316 e. The van der Waals surface area contributed by atoms with E-state index in [1.807, 2.05) is 0 Å². The third kappa shape index (κ3) is 3.11. The van der Waals surface area contributed by atoms with Crippen LogP contribution in [0.3, 0.4) is 0 Å². The second kappa shape index (κ2) is 4.23. The fraction of sp³-hybridized carbons (Fsp3) is 0.909. The largest absolute Gasteiger partial charge is 0.316 e. The Morgan fingerprint density at radius 2 is 1.92 bits per heavy atom. The Balaban J connectivity index is 1.66. The molecule has 2 fully saturated rings. The Morgan fingerprint density at radius 1 is 1.15 bits per heavy atom. The number of ketones is 1. The molecule has 1 unspecified atom stereocenters. The number of carbonyl (C=O) groups is 1. The highest BCUT2D eigenvalue weighted by atomic mass is 16.1. The molecule has 13 heavy (non-hydrogen) atoms. The van der Waals surface area contributed by atoms with E-state index in [0.29, 0.717) is 11.7 Å².